The number of para-hydroxylation sites is 1. The SMILES string of the molecule is Cc1c(-c2c(C3c4ccccc4-c4cccnc43)cc3c(sc4ccccc43)c2N(c2ccccc2)c2ccc([Si](C)(C)C)cc2)c2ccccc2c2cc(C(c3ccccc3)c3ccc([Si](C)(C)C)cc3)ccc12. The minimum Gasteiger partial charge on any atom is -0.308 e. The number of anilines is 3. The normalized spacial score (nSPS) is 13.9. The van der Waals surface area contributed by atoms with Crippen LogP contribution in [0.1, 0.15) is 50.9 Å². The molecule has 75 heavy (non-hydrogen) atoms. The van der Waals surface area contributed by atoms with Crippen molar-refractivity contribution in [3.63, 3.8) is 0 Å². The summed E-state index contributed by atoms with van der Waals surface area (Å²) < 4.78 is 2.55. The number of fused-ring (bicyclic) bond motifs is 9. The monoisotopic (exact) mass is 1020 g/mol. The lowest BCUT2D eigenvalue weighted by molar-refractivity contribution is 0.958. The predicted molar refractivity (Wildman–Crippen MR) is 330 cm³/mol. The molecule has 2 aromatic heterocycles. The molecule has 0 fully saturated rings. The van der Waals surface area contributed by atoms with Gasteiger partial charge in [0.25, 0.3) is 0 Å². The van der Waals surface area contributed by atoms with Crippen molar-refractivity contribution in [2.24, 2.45) is 0 Å². The Labute approximate surface area is 447 Å². The molecule has 1 aliphatic carbocycles. The largest absolute Gasteiger partial charge is 0.308 e. The highest BCUT2D eigenvalue weighted by Crippen LogP contribution is 2.58. The average molecular weight is 1020 g/mol. The maximum Gasteiger partial charge on any atom is 0.0775 e. The van der Waals surface area contributed by atoms with Crippen LogP contribution in [0.2, 0.25) is 39.3 Å². The molecule has 2 heterocycles. The summed E-state index contributed by atoms with van der Waals surface area (Å²) in [4.78, 5) is 7.93. The van der Waals surface area contributed by atoms with Crippen molar-refractivity contribution >= 4 is 96.6 Å². The molecule has 2 unspecified atom stereocenters. The van der Waals surface area contributed by atoms with Crippen LogP contribution in [-0.2, 0) is 0 Å². The van der Waals surface area contributed by atoms with Crippen LogP contribution in [0.4, 0.5) is 17.1 Å². The highest BCUT2D eigenvalue weighted by Gasteiger charge is 2.37. The third kappa shape index (κ3) is 7.99. The van der Waals surface area contributed by atoms with E-state index in [-0.39, 0.29) is 11.8 Å². The van der Waals surface area contributed by atoms with Gasteiger partial charge < -0.3 is 4.90 Å². The van der Waals surface area contributed by atoms with E-state index in [0.29, 0.717) is 0 Å². The number of pyridine rings is 1. The molecule has 0 aliphatic heterocycles. The first-order valence-corrected chi connectivity index (χ1v) is 34.3. The predicted octanol–water partition coefficient (Wildman–Crippen LogP) is 18.6. The Morgan fingerprint density at radius 3 is 1.73 bits per heavy atom. The molecule has 0 bridgehead atoms. The Morgan fingerprint density at radius 2 is 1.01 bits per heavy atom. The van der Waals surface area contributed by atoms with Gasteiger partial charge in [0, 0.05) is 50.1 Å². The van der Waals surface area contributed by atoms with Crippen LogP contribution in [0.25, 0.3) is 64.0 Å². The lowest BCUT2D eigenvalue weighted by atomic mass is 9.79. The van der Waals surface area contributed by atoms with Gasteiger partial charge in [-0.05, 0) is 122 Å². The summed E-state index contributed by atoms with van der Waals surface area (Å²) in [5, 5.41) is 10.5. The zero-order valence-electron chi connectivity index (χ0n) is 43.8. The smallest absolute Gasteiger partial charge is 0.0775 e. The second kappa shape index (κ2) is 18.3. The Hall–Kier alpha value is -7.68. The number of thiophene rings is 1. The number of aromatic nitrogens is 1. The third-order valence-electron chi connectivity index (χ3n) is 16.0. The van der Waals surface area contributed by atoms with Gasteiger partial charge in [0.1, 0.15) is 0 Å². The molecule has 364 valence electrons. The van der Waals surface area contributed by atoms with Gasteiger partial charge >= 0.3 is 0 Å². The van der Waals surface area contributed by atoms with Crippen molar-refractivity contribution < 1.29 is 0 Å². The molecule has 5 heteroatoms. The van der Waals surface area contributed by atoms with Crippen LogP contribution in [0, 0.1) is 6.92 Å². The second-order valence-corrected chi connectivity index (χ2v) is 33.9. The molecule has 0 saturated carbocycles. The Bertz CT molecular complexity index is 4100. The standard InChI is InChI=1S/C70H60N2SSi2/c1-45-53-41-34-48(65(46-21-10-8-11-22-46)47-32-37-51(38-33-47)74(2,3)4)43-60(53)55-26-15-16-28-57(55)64(45)67-62(66-58-29-17-14-25-54(58)59-30-20-42-71-68(59)66)44-61-56-27-18-19-31-63(56)73-70(61)69(67)72(49-23-12-9-13-24-49)50-35-39-52(40-36-50)75(5,6)7/h8-44,65-66H,1-7H3. The molecule has 0 saturated heterocycles. The zero-order valence-corrected chi connectivity index (χ0v) is 46.6. The van der Waals surface area contributed by atoms with Crippen molar-refractivity contribution in [2.75, 3.05) is 4.90 Å². The molecule has 2 atom stereocenters. The van der Waals surface area contributed by atoms with E-state index >= 15 is 0 Å². The summed E-state index contributed by atoms with van der Waals surface area (Å²) in [6.45, 7) is 17.0. The lowest BCUT2D eigenvalue weighted by Gasteiger charge is -2.32. The van der Waals surface area contributed by atoms with E-state index in [1.165, 1.54) is 113 Å². The molecule has 0 radical (unpaired) electrons. The fourth-order valence-electron chi connectivity index (χ4n) is 12.3. The van der Waals surface area contributed by atoms with Crippen LogP contribution in [0.3, 0.4) is 0 Å². The highest BCUT2D eigenvalue weighted by atomic mass is 32.1. The minimum absolute atomic E-state index is 0.0698. The molecule has 2 nitrogen and oxygen atoms in total. The quantitative estimate of drug-likeness (QED) is 0.0771. The van der Waals surface area contributed by atoms with E-state index in [4.69, 9.17) is 4.98 Å². The van der Waals surface area contributed by atoms with Crippen molar-refractivity contribution in [3.05, 3.63) is 264 Å². The van der Waals surface area contributed by atoms with Gasteiger partial charge in [-0.2, -0.15) is 0 Å². The van der Waals surface area contributed by atoms with Gasteiger partial charge in [-0.1, -0.05) is 220 Å². The van der Waals surface area contributed by atoms with Gasteiger partial charge in [-0.3, -0.25) is 4.98 Å². The Morgan fingerprint density at radius 1 is 0.440 bits per heavy atom. The number of hydrogen-bond donors (Lipinski definition) is 0. The van der Waals surface area contributed by atoms with Crippen molar-refractivity contribution in [3.8, 4) is 22.3 Å². The van der Waals surface area contributed by atoms with Crippen molar-refractivity contribution in [2.45, 2.75) is 58.0 Å². The van der Waals surface area contributed by atoms with Crippen LogP contribution in [0.5, 0.6) is 0 Å². The van der Waals surface area contributed by atoms with Crippen molar-refractivity contribution in [1.29, 1.82) is 0 Å². The molecule has 0 N–H and O–H groups in total. The van der Waals surface area contributed by atoms with E-state index in [0.717, 1.165) is 17.1 Å². The Kier molecular flexibility index (Phi) is 11.5. The number of hydrogen-bond acceptors (Lipinski definition) is 3. The molecular formula is C70H60N2SSi2. The van der Waals surface area contributed by atoms with E-state index < -0.39 is 16.1 Å². The summed E-state index contributed by atoms with van der Waals surface area (Å²) in [7, 11) is -3.11. The molecule has 12 aromatic rings. The number of benzene rings is 10. The fraction of sp³-hybridized carbons (Fsp3) is 0.129. The van der Waals surface area contributed by atoms with Gasteiger partial charge in [-0.25, -0.2) is 0 Å². The molecular weight excluding hydrogens is 957 g/mol. The van der Waals surface area contributed by atoms with Crippen molar-refractivity contribution in [1.82, 2.24) is 4.98 Å². The van der Waals surface area contributed by atoms with E-state index in [2.05, 4.69) is 269 Å². The molecule has 10 aromatic carbocycles. The highest BCUT2D eigenvalue weighted by molar-refractivity contribution is 7.26. The molecule has 0 spiro atoms. The van der Waals surface area contributed by atoms with E-state index in [9.17, 15) is 0 Å². The van der Waals surface area contributed by atoms with Crippen LogP contribution >= 0.6 is 11.3 Å². The maximum atomic E-state index is 5.34. The van der Waals surface area contributed by atoms with Gasteiger partial charge in [0.15, 0.2) is 0 Å². The maximum absolute atomic E-state index is 5.34. The average Bonchev–Trinajstić information content (AvgIpc) is 4.04. The van der Waals surface area contributed by atoms with Gasteiger partial charge in [-0.15, -0.1) is 11.3 Å². The second-order valence-electron chi connectivity index (χ2n) is 22.7. The first kappa shape index (κ1) is 47.1. The van der Waals surface area contributed by atoms with Crippen LogP contribution < -0.4 is 15.3 Å². The summed E-state index contributed by atoms with van der Waals surface area (Å²) >= 11 is 1.91. The van der Waals surface area contributed by atoms with E-state index in [1.54, 1.807) is 0 Å². The number of rotatable bonds is 10. The number of aryl methyl sites for hydroxylation is 1. The molecule has 13 rings (SSSR count). The first-order chi connectivity index (χ1) is 36.4. The number of nitrogens with zero attached hydrogens (tertiary/aromatic N) is 2. The van der Waals surface area contributed by atoms with Crippen LogP contribution in [-0.4, -0.2) is 21.1 Å². The van der Waals surface area contributed by atoms with E-state index in [1.807, 2.05) is 17.5 Å². The summed E-state index contributed by atoms with van der Waals surface area (Å²) in [6.07, 6.45) is 1.99. The molecule has 1 aliphatic rings. The van der Waals surface area contributed by atoms with Gasteiger partial charge in [0.2, 0.25) is 0 Å². The fourth-order valence-corrected chi connectivity index (χ4v) is 15.8. The van der Waals surface area contributed by atoms with Crippen LogP contribution in [0.15, 0.2) is 225 Å². The summed E-state index contributed by atoms with van der Waals surface area (Å²) in [5.74, 6) is -0.0586. The Balaban J connectivity index is 1.17. The lowest BCUT2D eigenvalue weighted by Crippen LogP contribution is -2.37. The summed E-state index contributed by atoms with van der Waals surface area (Å²) in [5.41, 5.74) is 17.3. The first-order valence-electron chi connectivity index (χ1n) is 26.5. The minimum atomic E-state index is -1.62. The molecule has 0 amide bonds. The van der Waals surface area contributed by atoms with Gasteiger partial charge in [0.05, 0.1) is 38.1 Å². The summed E-state index contributed by atoms with van der Waals surface area (Å²) in [6, 6.07) is 82.9. The topological polar surface area (TPSA) is 16.1 Å². The zero-order chi connectivity index (χ0) is 51.2. The third-order valence-corrected chi connectivity index (χ3v) is 21.3.